The number of hydrogen-bond donors (Lipinski definition) is 1. The summed E-state index contributed by atoms with van der Waals surface area (Å²) in [6.45, 7) is 3.27. The fourth-order valence-electron chi connectivity index (χ4n) is 4.01. The van der Waals surface area contributed by atoms with E-state index in [0.717, 1.165) is 37.9 Å². The third-order valence-electron chi connectivity index (χ3n) is 5.37. The lowest BCUT2D eigenvalue weighted by atomic mass is 9.75. The molecule has 1 aromatic carbocycles. The highest BCUT2D eigenvalue weighted by atomic mass is 35.5. The van der Waals surface area contributed by atoms with E-state index in [4.69, 9.17) is 11.6 Å². The predicted molar refractivity (Wildman–Crippen MR) is 96.7 cm³/mol. The Bertz CT molecular complexity index is 645. The average Bonchev–Trinajstić information content (AvgIpc) is 3.08. The van der Waals surface area contributed by atoms with Crippen LogP contribution in [0, 0.1) is 5.41 Å². The van der Waals surface area contributed by atoms with Crippen molar-refractivity contribution in [2.75, 3.05) is 32.7 Å². The van der Waals surface area contributed by atoms with Crippen LogP contribution in [0.4, 0.5) is 0 Å². The summed E-state index contributed by atoms with van der Waals surface area (Å²) in [6, 6.07) is 7.34. The van der Waals surface area contributed by atoms with E-state index in [1.165, 1.54) is 0 Å². The maximum absolute atomic E-state index is 12.6. The van der Waals surface area contributed by atoms with Crippen molar-refractivity contribution in [1.29, 1.82) is 0 Å². The maximum Gasteiger partial charge on any atom is 0.311 e. The molecule has 2 heterocycles. The molecule has 2 fully saturated rings. The van der Waals surface area contributed by atoms with Crippen LogP contribution in [0.5, 0.6) is 0 Å². The maximum atomic E-state index is 12.6. The average molecular weight is 365 g/mol. The zero-order valence-electron chi connectivity index (χ0n) is 14.4. The Morgan fingerprint density at radius 1 is 1.16 bits per heavy atom. The Balaban J connectivity index is 1.72. The van der Waals surface area contributed by atoms with Gasteiger partial charge < -0.3 is 10.0 Å². The highest BCUT2D eigenvalue weighted by molar-refractivity contribution is 6.30. The largest absolute Gasteiger partial charge is 0.481 e. The second kappa shape index (κ2) is 7.75. The first-order valence-corrected chi connectivity index (χ1v) is 9.34. The van der Waals surface area contributed by atoms with Gasteiger partial charge in [-0.3, -0.25) is 14.5 Å². The van der Waals surface area contributed by atoms with Gasteiger partial charge in [0.25, 0.3) is 0 Å². The Morgan fingerprint density at radius 3 is 2.60 bits per heavy atom. The van der Waals surface area contributed by atoms with Gasteiger partial charge in [0, 0.05) is 18.1 Å². The topological polar surface area (TPSA) is 60.9 Å². The Morgan fingerprint density at radius 2 is 1.92 bits per heavy atom. The van der Waals surface area contributed by atoms with Gasteiger partial charge in [-0.25, -0.2) is 0 Å². The van der Waals surface area contributed by atoms with Gasteiger partial charge in [0.2, 0.25) is 5.91 Å². The van der Waals surface area contributed by atoms with E-state index >= 15 is 0 Å². The summed E-state index contributed by atoms with van der Waals surface area (Å²) < 4.78 is 0. The van der Waals surface area contributed by atoms with Crippen LogP contribution in [0.3, 0.4) is 0 Å². The highest BCUT2D eigenvalue weighted by Crippen LogP contribution is 2.35. The van der Waals surface area contributed by atoms with E-state index in [9.17, 15) is 14.7 Å². The van der Waals surface area contributed by atoms with E-state index in [1.54, 1.807) is 11.0 Å². The second-order valence-corrected chi connectivity index (χ2v) is 7.73. The molecule has 25 heavy (non-hydrogen) atoms. The van der Waals surface area contributed by atoms with E-state index in [1.807, 2.05) is 18.2 Å². The van der Waals surface area contributed by atoms with Crippen LogP contribution in [0.25, 0.3) is 0 Å². The van der Waals surface area contributed by atoms with Crippen molar-refractivity contribution >= 4 is 23.5 Å². The number of piperidine rings is 1. The molecule has 2 aliphatic rings. The van der Waals surface area contributed by atoms with Gasteiger partial charge in [-0.1, -0.05) is 23.7 Å². The molecular weight excluding hydrogens is 340 g/mol. The van der Waals surface area contributed by atoms with Gasteiger partial charge in [0.1, 0.15) is 0 Å². The first kappa shape index (κ1) is 18.2. The number of rotatable bonds is 5. The lowest BCUT2D eigenvalue weighted by molar-refractivity contribution is -0.155. The lowest BCUT2D eigenvalue weighted by Gasteiger charge is -2.40. The number of carboxylic acid groups (broad SMARTS) is 1. The minimum absolute atomic E-state index is 0.0540. The number of amides is 1. The number of carbonyl (C=O) groups excluding carboxylic acids is 1. The van der Waals surface area contributed by atoms with Gasteiger partial charge in [0.05, 0.1) is 12.0 Å². The van der Waals surface area contributed by atoms with Crippen LogP contribution in [0.15, 0.2) is 24.3 Å². The van der Waals surface area contributed by atoms with Crippen molar-refractivity contribution in [3.8, 4) is 0 Å². The number of nitrogens with zero attached hydrogens (tertiary/aromatic N) is 2. The monoisotopic (exact) mass is 364 g/mol. The highest BCUT2D eigenvalue weighted by Gasteiger charge is 2.43. The zero-order valence-corrected chi connectivity index (χ0v) is 15.2. The minimum atomic E-state index is -0.927. The van der Waals surface area contributed by atoms with Crippen molar-refractivity contribution in [3.05, 3.63) is 34.9 Å². The molecule has 1 atom stereocenters. The third kappa shape index (κ3) is 4.33. The molecule has 1 unspecified atom stereocenters. The molecular formula is C19H25ClN2O3. The van der Waals surface area contributed by atoms with Crippen LogP contribution in [-0.4, -0.2) is 59.5 Å². The summed E-state index contributed by atoms with van der Waals surface area (Å²) in [7, 11) is 0. The number of carboxylic acids is 1. The minimum Gasteiger partial charge on any atom is -0.481 e. The summed E-state index contributed by atoms with van der Waals surface area (Å²) >= 11 is 6.04. The van der Waals surface area contributed by atoms with Gasteiger partial charge >= 0.3 is 5.97 Å². The summed E-state index contributed by atoms with van der Waals surface area (Å²) in [4.78, 5) is 28.7. The molecule has 0 bridgehead atoms. The molecule has 0 radical (unpaired) electrons. The van der Waals surface area contributed by atoms with E-state index < -0.39 is 11.4 Å². The number of benzene rings is 1. The van der Waals surface area contributed by atoms with Gasteiger partial charge in [-0.2, -0.15) is 0 Å². The van der Waals surface area contributed by atoms with Crippen molar-refractivity contribution in [1.82, 2.24) is 9.80 Å². The Labute approximate surface area is 153 Å². The van der Waals surface area contributed by atoms with E-state index in [0.29, 0.717) is 31.0 Å². The number of hydrogen-bond acceptors (Lipinski definition) is 3. The SMILES string of the molecule is O=C(CN1CCCC1)N1CCCC(Cc2cccc(Cl)c2)(C(=O)O)C1. The van der Waals surface area contributed by atoms with Crippen LogP contribution >= 0.6 is 11.6 Å². The molecule has 2 aliphatic heterocycles. The van der Waals surface area contributed by atoms with Crippen molar-refractivity contribution in [3.63, 3.8) is 0 Å². The molecule has 0 saturated carbocycles. The molecule has 1 amide bonds. The van der Waals surface area contributed by atoms with Crippen LogP contribution in [0.1, 0.15) is 31.2 Å². The predicted octanol–water partition coefficient (Wildman–Crippen LogP) is 2.67. The number of likely N-dealkylation sites (tertiary alicyclic amines) is 2. The Kier molecular flexibility index (Phi) is 5.64. The molecule has 3 rings (SSSR count). The molecule has 1 N–H and O–H groups in total. The van der Waals surface area contributed by atoms with Crippen LogP contribution in [0.2, 0.25) is 5.02 Å². The first-order chi connectivity index (χ1) is 12.0. The fourth-order valence-corrected chi connectivity index (χ4v) is 4.22. The zero-order chi connectivity index (χ0) is 17.9. The molecule has 0 spiro atoms. The van der Waals surface area contributed by atoms with Gasteiger partial charge in [-0.05, 0) is 62.9 Å². The van der Waals surface area contributed by atoms with E-state index in [-0.39, 0.29) is 12.5 Å². The lowest BCUT2D eigenvalue weighted by Crippen LogP contribution is -2.52. The smallest absolute Gasteiger partial charge is 0.311 e. The second-order valence-electron chi connectivity index (χ2n) is 7.29. The van der Waals surface area contributed by atoms with Gasteiger partial charge in [-0.15, -0.1) is 0 Å². The third-order valence-corrected chi connectivity index (χ3v) is 5.61. The van der Waals surface area contributed by atoms with Crippen molar-refractivity contribution in [2.24, 2.45) is 5.41 Å². The molecule has 0 aliphatic carbocycles. The van der Waals surface area contributed by atoms with Crippen molar-refractivity contribution in [2.45, 2.75) is 32.1 Å². The quantitative estimate of drug-likeness (QED) is 0.872. The summed E-state index contributed by atoms with van der Waals surface area (Å²) in [5, 5.41) is 10.5. The summed E-state index contributed by atoms with van der Waals surface area (Å²) in [5.74, 6) is -0.774. The standard InChI is InChI=1S/C19H25ClN2O3/c20-16-6-3-5-15(11-16)12-19(18(24)25)7-4-10-22(14-19)17(23)13-21-8-1-2-9-21/h3,5-6,11H,1-2,4,7-10,12-14H2,(H,24,25). The number of halogens is 1. The fraction of sp³-hybridized carbons (Fsp3) is 0.579. The summed E-state index contributed by atoms with van der Waals surface area (Å²) in [6.07, 6.45) is 3.99. The van der Waals surface area contributed by atoms with Gasteiger partial charge in [0.15, 0.2) is 0 Å². The van der Waals surface area contributed by atoms with Crippen molar-refractivity contribution < 1.29 is 14.7 Å². The Hall–Kier alpha value is -1.59. The number of aliphatic carboxylic acids is 1. The summed E-state index contributed by atoms with van der Waals surface area (Å²) in [5.41, 5.74) is -0.0207. The van der Waals surface area contributed by atoms with E-state index in [2.05, 4.69) is 4.90 Å². The van der Waals surface area contributed by atoms with Crippen LogP contribution in [-0.2, 0) is 16.0 Å². The molecule has 5 nitrogen and oxygen atoms in total. The number of carbonyl (C=O) groups is 2. The first-order valence-electron chi connectivity index (χ1n) is 8.96. The molecule has 1 aromatic rings. The normalized spacial score (nSPS) is 24.4. The molecule has 6 heteroatoms. The molecule has 136 valence electrons. The molecule has 2 saturated heterocycles. The molecule has 0 aromatic heterocycles. The van der Waals surface area contributed by atoms with Crippen LogP contribution < -0.4 is 0 Å².